The minimum absolute atomic E-state index is 0.00673. The molecule has 3 aromatic rings. The summed E-state index contributed by atoms with van der Waals surface area (Å²) in [5.41, 5.74) is 5.21. The predicted molar refractivity (Wildman–Crippen MR) is 109 cm³/mol. The largest absolute Gasteiger partial charge is 0.326 e. The highest BCUT2D eigenvalue weighted by Crippen LogP contribution is 2.31. The lowest BCUT2D eigenvalue weighted by Gasteiger charge is -2.24. The lowest BCUT2D eigenvalue weighted by molar-refractivity contribution is -0.121. The molecule has 0 fully saturated rings. The van der Waals surface area contributed by atoms with E-state index in [1.54, 1.807) is 0 Å². The molecular formula is C21H21N3O2S. The lowest BCUT2D eigenvalue weighted by Crippen LogP contribution is -2.30. The maximum Gasteiger partial charge on any atom is 0.227 e. The number of fused-ring (bicyclic) bond motifs is 2. The van der Waals surface area contributed by atoms with Crippen LogP contribution in [0.4, 0.5) is 10.8 Å². The number of para-hydroxylation sites is 1. The first-order valence-electron chi connectivity index (χ1n) is 9.06. The number of anilines is 2. The summed E-state index contributed by atoms with van der Waals surface area (Å²) < 4.78 is 1.11. The number of nitrogens with zero attached hydrogens (tertiary/aromatic N) is 1. The summed E-state index contributed by atoms with van der Waals surface area (Å²) in [7, 11) is 0. The lowest BCUT2D eigenvalue weighted by atomic mass is 9.89. The molecule has 1 aromatic heterocycles. The number of benzene rings is 2. The van der Waals surface area contributed by atoms with Crippen LogP contribution in [0.15, 0.2) is 36.4 Å². The zero-order valence-electron chi connectivity index (χ0n) is 15.3. The molecule has 0 aliphatic carbocycles. The highest BCUT2D eigenvalue weighted by Gasteiger charge is 2.26. The second-order valence-electron chi connectivity index (χ2n) is 7.03. The number of hydrogen-bond donors (Lipinski definition) is 2. The molecule has 0 saturated carbocycles. The molecule has 6 heteroatoms. The quantitative estimate of drug-likeness (QED) is 0.704. The van der Waals surface area contributed by atoms with E-state index >= 15 is 0 Å². The van der Waals surface area contributed by atoms with E-state index < -0.39 is 0 Å². The molecule has 2 N–H and O–H groups in total. The Hall–Kier alpha value is -2.73. The van der Waals surface area contributed by atoms with Crippen molar-refractivity contribution >= 4 is 44.2 Å². The Kier molecular flexibility index (Phi) is 4.66. The van der Waals surface area contributed by atoms with Gasteiger partial charge in [-0.15, -0.1) is 0 Å². The number of aromatic nitrogens is 1. The number of amides is 2. The summed E-state index contributed by atoms with van der Waals surface area (Å²) in [4.78, 5) is 29.2. The van der Waals surface area contributed by atoms with Crippen LogP contribution in [0, 0.1) is 19.8 Å². The monoisotopic (exact) mass is 379 g/mol. The molecule has 2 heterocycles. The molecule has 1 atom stereocenters. The summed E-state index contributed by atoms with van der Waals surface area (Å²) in [5.74, 6) is -0.283. The molecule has 1 aliphatic rings. The first-order chi connectivity index (χ1) is 13.0. The van der Waals surface area contributed by atoms with Crippen LogP contribution in [0.1, 0.15) is 29.5 Å². The van der Waals surface area contributed by atoms with Crippen LogP contribution < -0.4 is 10.6 Å². The van der Waals surface area contributed by atoms with Crippen molar-refractivity contribution in [3.05, 3.63) is 53.1 Å². The van der Waals surface area contributed by atoms with Crippen molar-refractivity contribution < 1.29 is 9.59 Å². The topological polar surface area (TPSA) is 71.1 Å². The molecule has 0 spiro atoms. The zero-order valence-corrected chi connectivity index (χ0v) is 16.2. The number of thiazole rings is 1. The van der Waals surface area contributed by atoms with Crippen molar-refractivity contribution in [3.63, 3.8) is 0 Å². The van der Waals surface area contributed by atoms with Gasteiger partial charge in [-0.05, 0) is 49.4 Å². The number of rotatable bonds is 4. The van der Waals surface area contributed by atoms with E-state index in [9.17, 15) is 9.59 Å². The van der Waals surface area contributed by atoms with Gasteiger partial charge >= 0.3 is 0 Å². The molecule has 1 aliphatic heterocycles. The molecule has 4 rings (SSSR count). The van der Waals surface area contributed by atoms with Crippen LogP contribution >= 0.6 is 11.3 Å². The smallest absolute Gasteiger partial charge is 0.227 e. The van der Waals surface area contributed by atoms with Crippen molar-refractivity contribution in [3.8, 4) is 0 Å². The van der Waals surface area contributed by atoms with E-state index in [-0.39, 0.29) is 17.7 Å². The van der Waals surface area contributed by atoms with Crippen molar-refractivity contribution in [2.45, 2.75) is 33.1 Å². The minimum Gasteiger partial charge on any atom is -0.326 e. The van der Waals surface area contributed by atoms with Crippen molar-refractivity contribution in [2.75, 3.05) is 10.6 Å². The number of carbonyl (C=O) groups is 2. The van der Waals surface area contributed by atoms with Crippen LogP contribution in [0.25, 0.3) is 10.2 Å². The second kappa shape index (κ2) is 7.12. The van der Waals surface area contributed by atoms with E-state index in [1.807, 2.05) is 44.2 Å². The van der Waals surface area contributed by atoms with E-state index in [0.29, 0.717) is 24.4 Å². The first-order valence-corrected chi connectivity index (χ1v) is 9.88. The fourth-order valence-electron chi connectivity index (χ4n) is 3.45. The van der Waals surface area contributed by atoms with Gasteiger partial charge in [0.05, 0.1) is 10.2 Å². The number of nitrogens with one attached hydrogen (secondary N) is 2. The van der Waals surface area contributed by atoms with E-state index in [0.717, 1.165) is 32.6 Å². The average Bonchev–Trinajstić information content (AvgIpc) is 3.08. The Morgan fingerprint density at radius 2 is 2.00 bits per heavy atom. The highest BCUT2D eigenvalue weighted by molar-refractivity contribution is 7.22. The standard InChI is InChI=1S/C21H21N3O2S/c1-12-7-8-13(2)19-18(12)24-21(27-19)23-17(25)10-9-15-11-14-5-3-4-6-16(14)22-20(15)26/h3-8,15H,9-11H2,1-2H3,(H,22,26)(H,23,24,25)/t15-/m1/s1. The van der Waals surface area contributed by atoms with Crippen LogP contribution in [-0.4, -0.2) is 16.8 Å². The predicted octanol–water partition coefficient (Wildman–Crippen LogP) is 4.44. The van der Waals surface area contributed by atoms with Gasteiger partial charge in [0.2, 0.25) is 11.8 Å². The van der Waals surface area contributed by atoms with Gasteiger partial charge in [-0.3, -0.25) is 9.59 Å². The SMILES string of the molecule is Cc1ccc(C)c2sc(NC(=O)CC[C@@H]3Cc4ccccc4NC3=O)nc12. The first kappa shape index (κ1) is 17.7. The number of hydrogen-bond acceptors (Lipinski definition) is 4. The van der Waals surface area contributed by atoms with Gasteiger partial charge in [-0.2, -0.15) is 0 Å². The Balaban J connectivity index is 1.40. The van der Waals surface area contributed by atoms with Gasteiger partial charge in [0.1, 0.15) is 0 Å². The summed E-state index contributed by atoms with van der Waals surface area (Å²) in [6.45, 7) is 4.07. The highest BCUT2D eigenvalue weighted by atomic mass is 32.1. The molecule has 0 bridgehead atoms. The van der Waals surface area contributed by atoms with Crippen LogP contribution in [0.5, 0.6) is 0 Å². The molecule has 2 aromatic carbocycles. The molecule has 2 amide bonds. The molecule has 5 nitrogen and oxygen atoms in total. The van der Waals surface area contributed by atoms with Gasteiger partial charge in [0.25, 0.3) is 0 Å². The fraction of sp³-hybridized carbons (Fsp3) is 0.286. The van der Waals surface area contributed by atoms with Crippen LogP contribution in [0.3, 0.4) is 0 Å². The van der Waals surface area contributed by atoms with Gasteiger partial charge < -0.3 is 10.6 Å². The van der Waals surface area contributed by atoms with Crippen LogP contribution in [-0.2, 0) is 16.0 Å². The van der Waals surface area contributed by atoms with Crippen molar-refractivity contribution in [2.24, 2.45) is 5.92 Å². The second-order valence-corrected chi connectivity index (χ2v) is 8.03. The van der Waals surface area contributed by atoms with Gasteiger partial charge in [-0.1, -0.05) is 41.7 Å². The molecule has 0 radical (unpaired) electrons. The minimum atomic E-state index is -0.175. The maximum atomic E-state index is 12.4. The maximum absolute atomic E-state index is 12.4. The summed E-state index contributed by atoms with van der Waals surface area (Å²) in [5, 5.41) is 6.45. The van der Waals surface area contributed by atoms with Gasteiger partial charge in [0, 0.05) is 18.0 Å². The Bertz CT molecular complexity index is 1000. The van der Waals surface area contributed by atoms with E-state index in [4.69, 9.17) is 0 Å². The van der Waals surface area contributed by atoms with Crippen LogP contribution in [0.2, 0.25) is 0 Å². The molecule has 0 unspecified atom stereocenters. The van der Waals surface area contributed by atoms with E-state index in [1.165, 1.54) is 11.3 Å². The van der Waals surface area contributed by atoms with Gasteiger partial charge in [0.15, 0.2) is 5.13 Å². The van der Waals surface area contributed by atoms with Gasteiger partial charge in [-0.25, -0.2) is 4.98 Å². The van der Waals surface area contributed by atoms with E-state index in [2.05, 4.69) is 21.7 Å². The summed E-state index contributed by atoms with van der Waals surface area (Å²) >= 11 is 1.50. The average molecular weight is 379 g/mol. The summed E-state index contributed by atoms with van der Waals surface area (Å²) in [6.07, 6.45) is 1.50. The third-order valence-corrected chi connectivity index (χ3v) is 6.13. The summed E-state index contributed by atoms with van der Waals surface area (Å²) in [6, 6.07) is 11.9. The zero-order chi connectivity index (χ0) is 19.0. The fourth-order valence-corrected chi connectivity index (χ4v) is 4.47. The van der Waals surface area contributed by atoms with Crippen molar-refractivity contribution in [1.29, 1.82) is 0 Å². The Morgan fingerprint density at radius 3 is 2.81 bits per heavy atom. The number of carbonyl (C=O) groups excluding carboxylic acids is 2. The third kappa shape index (κ3) is 3.57. The Morgan fingerprint density at radius 1 is 1.22 bits per heavy atom. The molecule has 138 valence electrons. The Labute approximate surface area is 161 Å². The normalized spacial score (nSPS) is 16.1. The third-order valence-electron chi connectivity index (χ3n) is 5.02. The molecule has 27 heavy (non-hydrogen) atoms. The van der Waals surface area contributed by atoms with Crippen molar-refractivity contribution in [1.82, 2.24) is 4.98 Å². The molecular weight excluding hydrogens is 358 g/mol. The molecule has 0 saturated heterocycles. The number of aryl methyl sites for hydroxylation is 2.